The molecule has 0 unspecified atom stereocenters. The molecule has 0 amide bonds. The standard InChI is InChI=1S/C8H8N2OS/c1-5-4-12-8-9-3-7(6(2)11)10(5)8/h3-4H,1-2H3. The summed E-state index contributed by atoms with van der Waals surface area (Å²) in [5.41, 5.74) is 1.74. The number of aryl methyl sites for hydroxylation is 1. The van der Waals surface area contributed by atoms with E-state index in [0.717, 1.165) is 10.7 Å². The summed E-state index contributed by atoms with van der Waals surface area (Å²) in [6.07, 6.45) is 1.63. The fourth-order valence-electron chi connectivity index (χ4n) is 1.20. The Hall–Kier alpha value is -1.16. The summed E-state index contributed by atoms with van der Waals surface area (Å²) in [7, 11) is 0. The average molecular weight is 180 g/mol. The zero-order valence-electron chi connectivity index (χ0n) is 6.87. The predicted molar refractivity (Wildman–Crippen MR) is 47.8 cm³/mol. The van der Waals surface area contributed by atoms with Crippen molar-refractivity contribution in [2.75, 3.05) is 0 Å². The molecule has 0 spiro atoms. The van der Waals surface area contributed by atoms with Gasteiger partial charge in [-0.1, -0.05) is 0 Å². The normalized spacial score (nSPS) is 10.8. The second-order valence-electron chi connectivity index (χ2n) is 2.69. The molecule has 0 radical (unpaired) electrons. The number of hydrogen-bond donors (Lipinski definition) is 0. The van der Waals surface area contributed by atoms with Crippen LogP contribution in [0, 0.1) is 6.92 Å². The zero-order chi connectivity index (χ0) is 8.72. The fourth-order valence-corrected chi connectivity index (χ4v) is 2.04. The third-order valence-electron chi connectivity index (χ3n) is 1.78. The van der Waals surface area contributed by atoms with Gasteiger partial charge in [-0.3, -0.25) is 9.20 Å². The Balaban J connectivity index is 2.83. The lowest BCUT2D eigenvalue weighted by atomic mass is 10.3. The van der Waals surface area contributed by atoms with Gasteiger partial charge in [0, 0.05) is 18.0 Å². The summed E-state index contributed by atoms with van der Waals surface area (Å²) in [6.45, 7) is 3.53. The highest BCUT2D eigenvalue weighted by atomic mass is 32.1. The second kappa shape index (κ2) is 2.42. The van der Waals surface area contributed by atoms with E-state index in [1.807, 2.05) is 16.7 Å². The molecular formula is C8H8N2OS. The van der Waals surface area contributed by atoms with Crippen LogP contribution < -0.4 is 0 Å². The number of ketones is 1. The SMILES string of the molecule is CC(=O)c1cnc2scc(C)n12. The van der Waals surface area contributed by atoms with Crippen LogP contribution in [0.4, 0.5) is 0 Å². The molecule has 2 aromatic heterocycles. The van der Waals surface area contributed by atoms with Gasteiger partial charge in [0.25, 0.3) is 0 Å². The Kier molecular flexibility index (Phi) is 1.51. The second-order valence-corrected chi connectivity index (χ2v) is 3.53. The molecule has 2 rings (SSSR count). The van der Waals surface area contributed by atoms with Crippen LogP contribution in [0.25, 0.3) is 4.96 Å². The summed E-state index contributed by atoms with van der Waals surface area (Å²) in [5, 5.41) is 1.99. The van der Waals surface area contributed by atoms with E-state index in [2.05, 4.69) is 4.98 Å². The highest BCUT2D eigenvalue weighted by molar-refractivity contribution is 7.15. The Morgan fingerprint density at radius 1 is 1.67 bits per heavy atom. The summed E-state index contributed by atoms with van der Waals surface area (Å²) in [6, 6.07) is 0. The first-order chi connectivity index (χ1) is 5.70. The quantitative estimate of drug-likeness (QED) is 0.628. The molecule has 2 heterocycles. The van der Waals surface area contributed by atoms with Crippen molar-refractivity contribution in [2.45, 2.75) is 13.8 Å². The van der Waals surface area contributed by atoms with Crippen LogP contribution in [0.5, 0.6) is 0 Å². The Labute approximate surface area is 73.7 Å². The largest absolute Gasteiger partial charge is 0.293 e. The molecular weight excluding hydrogens is 172 g/mol. The van der Waals surface area contributed by atoms with E-state index in [1.54, 1.807) is 24.5 Å². The number of thiazole rings is 1. The number of carbonyl (C=O) groups is 1. The van der Waals surface area contributed by atoms with Gasteiger partial charge in [0.05, 0.1) is 6.20 Å². The molecule has 0 aliphatic carbocycles. The molecule has 0 saturated carbocycles. The number of carbonyl (C=O) groups excluding carboxylic acids is 1. The average Bonchev–Trinajstić information content (AvgIpc) is 2.53. The van der Waals surface area contributed by atoms with Crippen molar-refractivity contribution >= 4 is 22.1 Å². The van der Waals surface area contributed by atoms with Crippen molar-refractivity contribution in [3.63, 3.8) is 0 Å². The number of nitrogens with zero attached hydrogens (tertiary/aromatic N) is 2. The van der Waals surface area contributed by atoms with Crippen molar-refractivity contribution in [1.82, 2.24) is 9.38 Å². The van der Waals surface area contributed by atoms with Gasteiger partial charge in [0.2, 0.25) is 0 Å². The van der Waals surface area contributed by atoms with Crippen LogP contribution in [0.2, 0.25) is 0 Å². The van der Waals surface area contributed by atoms with Gasteiger partial charge in [0.1, 0.15) is 5.69 Å². The molecule has 0 bridgehead atoms. The maximum Gasteiger partial charge on any atom is 0.194 e. The number of Topliss-reactive ketones (excluding diaryl/α,β-unsaturated/α-hetero) is 1. The van der Waals surface area contributed by atoms with Gasteiger partial charge in [0.15, 0.2) is 10.7 Å². The molecule has 0 aliphatic rings. The number of rotatable bonds is 1. The first kappa shape index (κ1) is 7.49. The molecule has 0 N–H and O–H groups in total. The van der Waals surface area contributed by atoms with Crippen molar-refractivity contribution in [2.24, 2.45) is 0 Å². The van der Waals surface area contributed by atoms with E-state index in [1.165, 1.54) is 0 Å². The molecule has 2 aromatic rings. The molecule has 12 heavy (non-hydrogen) atoms. The molecule has 0 aromatic carbocycles. The van der Waals surface area contributed by atoms with Crippen LogP contribution in [0.15, 0.2) is 11.6 Å². The fraction of sp³-hybridized carbons (Fsp3) is 0.250. The first-order valence-corrected chi connectivity index (χ1v) is 4.50. The number of hydrogen-bond acceptors (Lipinski definition) is 3. The van der Waals surface area contributed by atoms with Crippen LogP contribution >= 0.6 is 11.3 Å². The Bertz CT molecular complexity index is 441. The van der Waals surface area contributed by atoms with Crippen molar-refractivity contribution in [3.8, 4) is 0 Å². The molecule has 3 nitrogen and oxygen atoms in total. The minimum atomic E-state index is 0.0593. The third kappa shape index (κ3) is 0.881. The van der Waals surface area contributed by atoms with E-state index in [9.17, 15) is 4.79 Å². The molecule has 0 atom stereocenters. The number of fused-ring (bicyclic) bond motifs is 1. The zero-order valence-corrected chi connectivity index (χ0v) is 7.68. The number of aromatic nitrogens is 2. The van der Waals surface area contributed by atoms with Gasteiger partial charge >= 0.3 is 0 Å². The summed E-state index contributed by atoms with van der Waals surface area (Å²) < 4.78 is 1.88. The van der Waals surface area contributed by atoms with Crippen LogP contribution in [0.3, 0.4) is 0 Å². The minimum Gasteiger partial charge on any atom is -0.293 e. The first-order valence-electron chi connectivity index (χ1n) is 3.62. The lowest BCUT2D eigenvalue weighted by Crippen LogP contribution is -1.98. The summed E-state index contributed by atoms with van der Waals surface area (Å²) in [5.74, 6) is 0.0593. The summed E-state index contributed by atoms with van der Waals surface area (Å²) >= 11 is 1.55. The van der Waals surface area contributed by atoms with Crippen LogP contribution in [-0.2, 0) is 0 Å². The van der Waals surface area contributed by atoms with E-state index in [4.69, 9.17) is 0 Å². The smallest absolute Gasteiger partial charge is 0.194 e. The summed E-state index contributed by atoms with van der Waals surface area (Å²) in [4.78, 5) is 16.1. The molecule has 0 saturated heterocycles. The van der Waals surface area contributed by atoms with Gasteiger partial charge in [-0.25, -0.2) is 4.98 Å². The maximum absolute atomic E-state index is 11.1. The van der Waals surface area contributed by atoms with Gasteiger partial charge in [-0.2, -0.15) is 0 Å². The maximum atomic E-state index is 11.1. The Morgan fingerprint density at radius 2 is 2.42 bits per heavy atom. The molecule has 4 heteroatoms. The topological polar surface area (TPSA) is 34.4 Å². The van der Waals surface area contributed by atoms with E-state index in [-0.39, 0.29) is 5.78 Å². The van der Waals surface area contributed by atoms with E-state index in [0.29, 0.717) is 5.69 Å². The van der Waals surface area contributed by atoms with Gasteiger partial charge in [-0.05, 0) is 6.92 Å². The van der Waals surface area contributed by atoms with Crippen LogP contribution in [0.1, 0.15) is 23.1 Å². The molecule has 62 valence electrons. The van der Waals surface area contributed by atoms with Gasteiger partial charge in [-0.15, -0.1) is 11.3 Å². The van der Waals surface area contributed by atoms with Crippen molar-refractivity contribution in [1.29, 1.82) is 0 Å². The van der Waals surface area contributed by atoms with Crippen molar-refractivity contribution in [3.05, 3.63) is 23.0 Å². The lowest BCUT2D eigenvalue weighted by molar-refractivity contribution is 0.101. The number of imidazole rings is 1. The van der Waals surface area contributed by atoms with E-state index >= 15 is 0 Å². The third-order valence-corrected chi connectivity index (χ3v) is 2.74. The lowest BCUT2D eigenvalue weighted by Gasteiger charge is -1.93. The highest BCUT2D eigenvalue weighted by Crippen LogP contribution is 2.17. The van der Waals surface area contributed by atoms with E-state index < -0.39 is 0 Å². The monoisotopic (exact) mass is 180 g/mol. The Morgan fingerprint density at radius 3 is 3.08 bits per heavy atom. The highest BCUT2D eigenvalue weighted by Gasteiger charge is 2.09. The van der Waals surface area contributed by atoms with Crippen LogP contribution in [-0.4, -0.2) is 15.2 Å². The van der Waals surface area contributed by atoms with Crippen molar-refractivity contribution < 1.29 is 4.79 Å². The minimum absolute atomic E-state index is 0.0593. The predicted octanol–water partition coefficient (Wildman–Crippen LogP) is 1.91. The van der Waals surface area contributed by atoms with Gasteiger partial charge < -0.3 is 0 Å². The molecule has 0 fully saturated rings. The molecule has 0 aliphatic heterocycles.